The van der Waals surface area contributed by atoms with Gasteiger partial charge in [0.2, 0.25) is 0 Å². The predicted octanol–water partition coefficient (Wildman–Crippen LogP) is 1.03. The van der Waals surface area contributed by atoms with E-state index in [-0.39, 0.29) is 5.82 Å². The van der Waals surface area contributed by atoms with Crippen LogP contribution in [0.25, 0.3) is 0 Å². The van der Waals surface area contributed by atoms with E-state index in [2.05, 4.69) is 17.6 Å². The number of rotatable bonds is 4. The number of hydrogen-bond acceptors (Lipinski definition) is 5. The molecule has 0 saturated heterocycles. The second-order valence-electron chi connectivity index (χ2n) is 3.16. The number of hydrogen-bond donors (Lipinski definition) is 4. The predicted molar refractivity (Wildman–Crippen MR) is 63.1 cm³/mol. The van der Waals surface area contributed by atoms with E-state index in [0.717, 1.165) is 0 Å². The number of nitrogens with two attached hydrogens (primary N) is 1. The van der Waals surface area contributed by atoms with Crippen molar-refractivity contribution in [1.82, 2.24) is 4.98 Å². The molecule has 4 nitrogen and oxygen atoms in total. The molecule has 1 aromatic rings. The highest BCUT2D eigenvalue weighted by Gasteiger charge is 2.20. The lowest BCUT2D eigenvalue weighted by Crippen LogP contribution is -2.19. The molecule has 0 spiro atoms. The molecule has 1 aromatic heterocycles. The van der Waals surface area contributed by atoms with Crippen LogP contribution in [0.1, 0.15) is 18.1 Å². The van der Waals surface area contributed by atoms with Gasteiger partial charge in [-0.3, -0.25) is 0 Å². The van der Waals surface area contributed by atoms with Crippen molar-refractivity contribution in [3.8, 4) is 0 Å². The van der Waals surface area contributed by atoms with E-state index in [9.17, 15) is 10.2 Å². The van der Waals surface area contributed by atoms with Crippen LogP contribution < -0.4 is 5.73 Å². The summed E-state index contributed by atoms with van der Waals surface area (Å²) in [7, 11) is 0. The molecule has 6 heteroatoms. The molecular weight excluding hydrogens is 236 g/mol. The Balaban J connectivity index is 2.86. The fourth-order valence-electron chi connectivity index (χ4n) is 1.17. The topological polar surface area (TPSA) is 79.4 Å². The molecule has 0 aliphatic carbocycles. The van der Waals surface area contributed by atoms with Crippen LogP contribution in [-0.4, -0.2) is 27.1 Å². The highest BCUT2D eigenvalue weighted by atomic mass is 35.5. The molecule has 1 heterocycles. The normalized spacial score (nSPS) is 14.9. The van der Waals surface area contributed by atoms with Crippen LogP contribution in [0.15, 0.2) is 12.3 Å². The van der Waals surface area contributed by atoms with E-state index in [1.54, 1.807) is 0 Å². The zero-order valence-electron chi connectivity index (χ0n) is 7.97. The van der Waals surface area contributed by atoms with Gasteiger partial charge in [0, 0.05) is 11.8 Å². The largest absolute Gasteiger partial charge is 0.390 e. The van der Waals surface area contributed by atoms with Gasteiger partial charge in [0.05, 0.1) is 11.1 Å². The van der Waals surface area contributed by atoms with Gasteiger partial charge < -0.3 is 15.9 Å². The minimum atomic E-state index is -1.06. The number of aliphatic hydroxyl groups is 2. The first-order valence-electron chi connectivity index (χ1n) is 4.44. The summed E-state index contributed by atoms with van der Waals surface area (Å²) in [6, 6.07) is 1.44. The van der Waals surface area contributed by atoms with Gasteiger partial charge in [0.15, 0.2) is 0 Å². The van der Waals surface area contributed by atoms with E-state index < -0.39 is 12.2 Å². The van der Waals surface area contributed by atoms with Crippen molar-refractivity contribution in [2.75, 3.05) is 11.5 Å². The van der Waals surface area contributed by atoms with Crippen molar-refractivity contribution in [2.24, 2.45) is 0 Å². The summed E-state index contributed by atoms with van der Waals surface area (Å²) >= 11 is 9.83. The minimum Gasteiger partial charge on any atom is -0.390 e. The second-order valence-corrected chi connectivity index (χ2v) is 4.01. The number of nitrogens with zero attached hydrogens (tertiary/aromatic N) is 1. The highest BCUT2D eigenvalue weighted by molar-refractivity contribution is 7.80. The van der Waals surface area contributed by atoms with Crippen molar-refractivity contribution in [1.29, 1.82) is 0 Å². The summed E-state index contributed by atoms with van der Waals surface area (Å²) < 4.78 is 0. The maximum atomic E-state index is 9.74. The third-order valence-corrected chi connectivity index (χ3v) is 2.60. The molecule has 0 bridgehead atoms. The first-order valence-corrected chi connectivity index (χ1v) is 5.45. The summed E-state index contributed by atoms with van der Waals surface area (Å²) in [5.41, 5.74) is 5.79. The summed E-state index contributed by atoms with van der Waals surface area (Å²) in [4.78, 5) is 3.81. The summed E-state index contributed by atoms with van der Waals surface area (Å²) in [6.45, 7) is 0. The van der Waals surface area contributed by atoms with Gasteiger partial charge in [-0.25, -0.2) is 4.98 Å². The molecule has 84 valence electrons. The standard InChI is InChI=1S/C9H13ClN2O2S/c10-6-3-8(11)12-4-5(6)9(14)7(13)1-2-15/h3-4,7,9,13-15H,1-2H2,(H2,11,12). The average molecular weight is 249 g/mol. The van der Waals surface area contributed by atoms with Crippen LogP contribution in [0.4, 0.5) is 5.82 Å². The van der Waals surface area contributed by atoms with Gasteiger partial charge >= 0.3 is 0 Å². The quantitative estimate of drug-likeness (QED) is 0.600. The van der Waals surface area contributed by atoms with Crippen LogP contribution in [0.2, 0.25) is 5.02 Å². The molecule has 0 aliphatic heterocycles. The highest BCUT2D eigenvalue weighted by Crippen LogP contribution is 2.26. The van der Waals surface area contributed by atoms with Crippen LogP contribution in [0.5, 0.6) is 0 Å². The number of pyridine rings is 1. The van der Waals surface area contributed by atoms with E-state index >= 15 is 0 Å². The van der Waals surface area contributed by atoms with Crippen molar-refractivity contribution >= 4 is 30.0 Å². The molecule has 0 aliphatic rings. The van der Waals surface area contributed by atoms with Gasteiger partial charge in [-0.2, -0.15) is 12.6 Å². The van der Waals surface area contributed by atoms with Crippen LogP contribution in [0, 0.1) is 0 Å². The second kappa shape index (κ2) is 5.55. The molecule has 1 rings (SSSR count). The molecule has 0 radical (unpaired) electrons. The lowest BCUT2D eigenvalue weighted by Gasteiger charge is -2.18. The fraction of sp³-hybridized carbons (Fsp3) is 0.444. The molecule has 0 amide bonds. The van der Waals surface area contributed by atoms with E-state index in [0.29, 0.717) is 22.8 Å². The zero-order chi connectivity index (χ0) is 11.4. The molecule has 2 atom stereocenters. The number of anilines is 1. The third kappa shape index (κ3) is 3.24. The van der Waals surface area contributed by atoms with Gasteiger partial charge in [-0.15, -0.1) is 0 Å². The van der Waals surface area contributed by atoms with Gasteiger partial charge in [-0.1, -0.05) is 11.6 Å². The number of aliphatic hydroxyl groups excluding tert-OH is 2. The third-order valence-electron chi connectivity index (χ3n) is 2.01. The fourth-order valence-corrected chi connectivity index (χ4v) is 1.71. The Labute approximate surface area is 98.5 Å². The summed E-state index contributed by atoms with van der Waals surface area (Å²) in [5.74, 6) is 0.762. The Morgan fingerprint density at radius 1 is 1.53 bits per heavy atom. The monoisotopic (exact) mass is 248 g/mol. The summed E-state index contributed by atoms with van der Waals surface area (Å²) in [5, 5.41) is 19.6. The van der Waals surface area contributed by atoms with Crippen molar-refractivity contribution in [2.45, 2.75) is 18.6 Å². The van der Waals surface area contributed by atoms with Gasteiger partial charge in [-0.05, 0) is 18.2 Å². The lowest BCUT2D eigenvalue weighted by molar-refractivity contribution is 0.0171. The molecule has 0 fully saturated rings. The van der Waals surface area contributed by atoms with Gasteiger partial charge in [0.1, 0.15) is 11.9 Å². The molecule has 0 saturated carbocycles. The number of aromatic nitrogens is 1. The molecule has 4 N–H and O–H groups in total. The first-order chi connectivity index (χ1) is 7.06. The van der Waals surface area contributed by atoms with Crippen molar-refractivity contribution < 1.29 is 10.2 Å². The van der Waals surface area contributed by atoms with E-state index in [1.807, 2.05) is 0 Å². The molecule has 2 unspecified atom stereocenters. The van der Waals surface area contributed by atoms with Crippen LogP contribution in [0.3, 0.4) is 0 Å². The van der Waals surface area contributed by atoms with Crippen LogP contribution >= 0.6 is 24.2 Å². The Hall–Kier alpha value is -0.490. The Morgan fingerprint density at radius 3 is 2.73 bits per heavy atom. The summed E-state index contributed by atoms with van der Waals surface area (Å²) in [6.07, 6.45) is -0.210. The van der Waals surface area contributed by atoms with E-state index in [1.165, 1.54) is 12.3 Å². The first kappa shape index (κ1) is 12.6. The minimum absolute atomic E-state index is 0.277. The van der Waals surface area contributed by atoms with Gasteiger partial charge in [0.25, 0.3) is 0 Å². The Morgan fingerprint density at radius 2 is 2.20 bits per heavy atom. The Kier molecular flexibility index (Phi) is 4.66. The van der Waals surface area contributed by atoms with Crippen LogP contribution in [-0.2, 0) is 0 Å². The lowest BCUT2D eigenvalue weighted by atomic mass is 10.0. The van der Waals surface area contributed by atoms with E-state index in [4.69, 9.17) is 17.3 Å². The molecule has 15 heavy (non-hydrogen) atoms. The Bertz CT molecular complexity index is 338. The molecule has 0 aromatic carbocycles. The average Bonchev–Trinajstić information content (AvgIpc) is 2.17. The number of nitrogen functional groups attached to an aromatic ring is 1. The zero-order valence-corrected chi connectivity index (χ0v) is 9.62. The smallest absolute Gasteiger partial charge is 0.124 e. The maximum Gasteiger partial charge on any atom is 0.124 e. The number of halogens is 1. The van der Waals surface area contributed by atoms with Crippen molar-refractivity contribution in [3.05, 3.63) is 22.8 Å². The number of thiol groups is 1. The molecular formula is C9H13ClN2O2S. The maximum absolute atomic E-state index is 9.74. The SMILES string of the molecule is Nc1cc(Cl)c(C(O)C(O)CCS)cn1. The van der Waals surface area contributed by atoms with Crippen molar-refractivity contribution in [3.63, 3.8) is 0 Å².